The number of benzene rings is 1. The molecule has 0 atom stereocenters. The predicted octanol–water partition coefficient (Wildman–Crippen LogP) is 2.99. The summed E-state index contributed by atoms with van der Waals surface area (Å²) in [5.41, 5.74) is 0.530. The van der Waals surface area contributed by atoms with Gasteiger partial charge in [-0.05, 0) is 12.0 Å². The number of terminal acetylenes is 2. The van der Waals surface area contributed by atoms with Crippen molar-refractivity contribution in [1.82, 2.24) is 0 Å². The highest BCUT2D eigenvalue weighted by Crippen LogP contribution is 2.27. The van der Waals surface area contributed by atoms with E-state index in [1.807, 2.05) is 30.3 Å². The maximum atomic E-state index is 5.54. The predicted molar refractivity (Wildman–Crippen MR) is 60.7 cm³/mol. The fourth-order valence-corrected chi connectivity index (χ4v) is 1.59. The van der Waals surface area contributed by atoms with Gasteiger partial charge in [-0.15, -0.1) is 12.8 Å². The van der Waals surface area contributed by atoms with Gasteiger partial charge in [0.15, 0.2) is 0 Å². The lowest BCUT2D eigenvalue weighted by atomic mass is 9.78. The van der Waals surface area contributed by atoms with Crippen molar-refractivity contribution in [1.29, 1.82) is 0 Å². The minimum atomic E-state index is -0.518. The van der Waals surface area contributed by atoms with Crippen LogP contribution in [0.1, 0.15) is 25.3 Å². The summed E-state index contributed by atoms with van der Waals surface area (Å²) in [4.78, 5) is 0. The molecule has 0 nitrogen and oxygen atoms in total. The average molecular weight is 182 g/mol. The van der Waals surface area contributed by atoms with Gasteiger partial charge in [0.05, 0.1) is 0 Å². The van der Waals surface area contributed by atoms with E-state index in [1.54, 1.807) is 0 Å². The standard InChI is InChI=1S/C14H14/c1-4-12-14(5-2,6-3)13-10-8-7-9-11-13/h2-3,7-11H,4,12H2,1H3. The van der Waals surface area contributed by atoms with Crippen molar-refractivity contribution in [3.63, 3.8) is 0 Å². The summed E-state index contributed by atoms with van der Waals surface area (Å²) in [5, 5.41) is 0. The zero-order valence-electron chi connectivity index (χ0n) is 8.46. The number of hydrogen-bond donors (Lipinski definition) is 0. The molecule has 1 aromatic carbocycles. The van der Waals surface area contributed by atoms with Gasteiger partial charge in [-0.25, -0.2) is 0 Å². The molecule has 0 saturated carbocycles. The summed E-state index contributed by atoms with van der Waals surface area (Å²) in [5.74, 6) is 5.49. The van der Waals surface area contributed by atoms with Crippen molar-refractivity contribution < 1.29 is 0 Å². The van der Waals surface area contributed by atoms with Crippen molar-refractivity contribution in [3.05, 3.63) is 35.9 Å². The zero-order valence-corrected chi connectivity index (χ0v) is 8.46. The molecule has 0 aliphatic heterocycles. The Morgan fingerprint density at radius 3 is 2.14 bits per heavy atom. The second-order valence-corrected chi connectivity index (χ2v) is 3.31. The Bertz CT molecular complexity index is 345. The van der Waals surface area contributed by atoms with Gasteiger partial charge in [0.25, 0.3) is 0 Å². The molecule has 0 radical (unpaired) electrons. The van der Waals surface area contributed by atoms with Gasteiger partial charge >= 0.3 is 0 Å². The molecule has 14 heavy (non-hydrogen) atoms. The Balaban J connectivity index is 3.14. The number of hydrogen-bond acceptors (Lipinski definition) is 0. The van der Waals surface area contributed by atoms with Crippen LogP contribution in [0.4, 0.5) is 0 Å². The summed E-state index contributed by atoms with van der Waals surface area (Å²) in [6.07, 6.45) is 12.9. The first-order chi connectivity index (χ1) is 6.79. The summed E-state index contributed by atoms with van der Waals surface area (Å²) in [6, 6.07) is 9.89. The molecule has 0 aliphatic carbocycles. The van der Waals surface area contributed by atoms with Crippen molar-refractivity contribution in [2.45, 2.75) is 25.2 Å². The second kappa shape index (κ2) is 4.54. The van der Waals surface area contributed by atoms with E-state index < -0.39 is 5.41 Å². The Hall–Kier alpha value is -1.66. The first-order valence-corrected chi connectivity index (χ1v) is 4.80. The van der Waals surface area contributed by atoms with E-state index in [-0.39, 0.29) is 0 Å². The lowest BCUT2D eigenvalue weighted by molar-refractivity contribution is 0.629. The molecule has 0 unspecified atom stereocenters. The van der Waals surface area contributed by atoms with E-state index in [2.05, 4.69) is 18.8 Å². The Kier molecular flexibility index (Phi) is 3.38. The van der Waals surface area contributed by atoms with Crippen molar-refractivity contribution >= 4 is 0 Å². The summed E-state index contributed by atoms with van der Waals surface area (Å²) in [7, 11) is 0. The van der Waals surface area contributed by atoms with E-state index in [4.69, 9.17) is 12.8 Å². The van der Waals surface area contributed by atoms with Gasteiger partial charge in [-0.2, -0.15) is 0 Å². The highest BCUT2D eigenvalue weighted by Gasteiger charge is 2.25. The van der Waals surface area contributed by atoms with Crippen molar-refractivity contribution in [2.24, 2.45) is 0 Å². The molecule has 1 aromatic rings. The molecule has 0 heteroatoms. The fourth-order valence-electron chi connectivity index (χ4n) is 1.59. The van der Waals surface area contributed by atoms with E-state index in [0.29, 0.717) is 0 Å². The minimum Gasteiger partial charge on any atom is -0.118 e. The van der Waals surface area contributed by atoms with Gasteiger partial charge in [-0.3, -0.25) is 0 Å². The van der Waals surface area contributed by atoms with Crippen LogP contribution < -0.4 is 0 Å². The van der Waals surface area contributed by atoms with Gasteiger partial charge < -0.3 is 0 Å². The molecule has 70 valence electrons. The Labute approximate surface area is 86.3 Å². The highest BCUT2D eigenvalue weighted by atomic mass is 14.2. The molecular formula is C14H14. The topological polar surface area (TPSA) is 0 Å². The van der Waals surface area contributed by atoms with Crippen LogP contribution in [0.2, 0.25) is 0 Å². The summed E-state index contributed by atoms with van der Waals surface area (Å²) in [6.45, 7) is 2.09. The van der Waals surface area contributed by atoms with E-state index >= 15 is 0 Å². The molecule has 0 N–H and O–H groups in total. The quantitative estimate of drug-likeness (QED) is 0.630. The van der Waals surface area contributed by atoms with Gasteiger partial charge in [0.2, 0.25) is 0 Å². The van der Waals surface area contributed by atoms with Crippen LogP contribution in [0.25, 0.3) is 0 Å². The minimum absolute atomic E-state index is 0.518. The third kappa shape index (κ3) is 1.81. The molecule has 0 amide bonds. The third-order valence-electron chi connectivity index (χ3n) is 2.38. The van der Waals surface area contributed by atoms with Crippen LogP contribution in [-0.2, 0) is 5.41 Å². The number of rotatable bonds is 3. The lowest BCUT2D eigenvalue weighted by Crippen LogP contribution is -2.21. The second-order valence-electron chi connectivity index (χ2n) is 3.31. The maximum Gasteiger partial charge on any atom is 0.116 e. The molecule has 0 bridgehead atoms. The molecule has 1 rings (SSSR count). The van der Waals surface area contributed by atoms with Gasteiger partial charge in [0, 0.05) is 0 Å². The van der Waals surface area contributed by atoms with E-state index in [9.17, 15) is 0 Å². The van der Waals surface area contributed by atoms with Crippen LogP contribution in [0, 0.1) is 24.7 Å². The van der Waals surface area contributed by atoms with E-state index in [0.717, 1.165) is 18.4 Å². The summed E-state index contributed by atoms with van der Waals surface area (Å²) < 4.78 is 0. The highest BCUT2D eigenvalue weighted by molar-refractivity contribution is 5.43. The van der Waals surface area contributed by atoms with Crippen LogP contribution in [0.3, 0.4) is 0 Å². The van der Waals surface area contributed by atoms with Crippen LogP contribution in [-0.4, -0.2) is 0 Å². The maximum absolute atomic E-state index is 5.54. The molecular weight excluding hydrogens is 168 g/mol. The normalized spacial score (nSPS) is 10.2. The Morgan fingerprint density at radius 2 is 1.71 bits per heavy atom. The van der Waals surface area contributed by atoms with E-state index in [1.165, 1.54) is 0 Å². The average Bonchev–Trinajstić information content (AvgIpc) is 2.27. The first kappa shape index (κ1) is 10.4. The molecule has 0 saturated heterocycles. The third-order valence-corrected chi connectivity index (χ3v) is 2.38. The molecule has 0 aliphatic rings. The van der Waals surface area contributed by atoms with Crippen molar-refractivity contribution in [2.75, 3.05) is 0 Å². The molecule has 0 spiro atoms. The molecule has 0 aromatic heterocycles. The van der Waals surface area contributed by atoms with Crippen LogP contribution >= 0.6 is 0 Å². The van der Waals surface area contributed by atoms with Crippen LogP contribution in [0.15, 0.2) is 30.3 Å². The van der Waals surface area contributed by atoms with Crippen LogP contribution in [0.5, 0.6) is 0 Å². The molecule has 0 heterocycles. The smallest absolute Gasteiger partial charge is 0.116 e. The summed E-state index contributed by atoms with van der Waals surface area (Å²) >= 11 is 0. The Morgan fingerprint density at radius 1 is 1.14 bits per heavy atom. The first-order valence-electron chi connectivity index (χ1n) is 4.80. The molecule has 0 fully saturated rings. The lowest BCUT2D eigenvalue weighted by Gasteiger charge is -2.22. The zero-order chi connectivity index (χ0) is 10.4. The fraction of sp³-hybridized carbons (Fsp3) is 0.286. The largest absolute Gasteiger partial charge is 0.118 e. The van der Waals surface area contributed by atoms with Gasteiger partial charge in [0.1, 0.15) is 5.41 Å². The monoisotopic (exact) mass is 182 g/mol. The SMILES string of the molecule is C#CC(C#C)(CCC)c1ccccc1. The van der Waals surface area contributed by atoms with Crippen molar-refractivity contribution in [3.8, 4) is 24.7 Å². The van der Waals surface area contributed by atoms with Gasteiger partial charge in [-0.1, -0.05) is 55.5 Å².